The summed E-state index contributed by atoms with van der Waals surface area (Å²) < 4.78 is 38.1. The highest BCUT2D eigenvalue weighted by Crippen LogP contribution is 2.24. The average Bonchev–Trinajstić information content (AvgIpc) is 3.42. The topological polar surface area (TPSA) is 119 Å². The molecule has 11 heteroatoms. The fraction of sp³-hybridized carbons (Fsp3) is 0.167. The molecule has 1 aliphatic heterocycles. The van der Waals surface area contributed by atoms with Crippen LogP contribution in [0.5, 0.6) is 0 Å². The van der Waals surface area contributed by atoms with E-state index in [4.69, 9.17) is 4.42 Å². The third-order valence-electron chi connectivity index (χ3n) is 4.85. The van der Waals surface area contributed by atoms with Gasteiger partial charge in [0, 0.05) is 30.7 Å². The van der Waals surface area contributed by atoms with Crippen LogP contribution in [0.4, 0.5) is 5.13 Å². The van der Waals surface area contributed by atoms with Gasteiger partial charge in [-0.15, -0.1) is 0 Å². The molecule has 148 valence electrons. The third kappa shape index (κ3) is 3.22. The predicted octanol–water partition coefficient (Wildman–Crippen LogP) is 1.90. The van der Waals surface area contributed by atoms with Gasteiger partial charge in [0.1, 0.15) is 6.33 Å². The molecule has 2 N–H and O–H groups in total. The molecular weight excluding hydrogens is 414 g/mol. The van der Waals surface area contributed by atoms with E-state index in [-0.39, 0.29) is 15.6 Å². The Hall–Kier alpha value is -3.02. The molecule has 0 fully saturated rings. The highest BCUT2D eigenvalue weighted by molar-refractivity contribution is 7.93. The first-order chi connectivity index (χ1) is 14.0. The molecule has 3 heterocycles. The van der Waals surface area contributed by atoms with Gasteiger partial charge in [0.25, 0.3) is 10.0 Å². The van der Waals surface area contributed by atoms with E-state index in [1.165, 1.54) is 34.2 Å². The zero-order valence-corrected chi connectivity index (χ0v) is 16.6. The Morgan fingerprint density at radius 2 is 2.14 bits per heavy atom. The number of aromatic nitrogens is 3. The molecule has 0 bridgehead atoms. The van der Waals surface area contributed by atoms with Crippen LogP contribution >= 0.6 is 11.5 Å². The first kappa shape index (κ1) is 18.0. The average molecular weight is 429 g/mol. The third-order valence-corrected chi connectivity index (χ3v) is 6.89. The van der Waals surface area contributed by atoms with E-state index in [0.717, 1.165) is 30.2 Å². The van der Waals surface area contributed by atoms with Crippen molar-refractivity contribution in [2.24, 2.45) is 0 Å². The molecule has 5 rings (SSSR count). The Labute approximate surface area is 169 Å². The molecule has 2 aromatic heterocycles. The van der Waals surface area contributed by atoms with Crippen LogP contribution in [-0.4, -0.2) is 22.3 Å². The number of fused-ring (bicyclic) bond motifs is 2. The minimum atomic E-state index is -3.87. The van der Waals surface area contributed by atoms with Crippen LogP contribution in [0.25, 0.3) is 11.1 Å². The lowest BCUT2D eigenvalue weighted by atomic mass is 10.0. The maximum atomic E-state index is 12.5. The quantitative estimate of drug-likeness (QED) is 0.497. The summed E-state index contributed by atoms with van der Waals surface area (Å²) in [7, 11) is -3.87. The number of nitrogens with one attached hydrogen (secondary N) is 2. The molecule has 1 aliphatic rings. The summed E-state index contributed by atoms with van der Waals surface area (Å²) in [6, 6.07) is 10.4. The largest absolute Gasteiger partial charge is 0.420 e. The molecule has 0 atom stereocenters. The summed E-state index contributed by atoms with van der Waals surface area (Å²) >= 11 is 0.932. The number of hydrogen-bond donors (Lipinski definition) is 2. The summed E-state index contributed by atoms with van der Waals surface area (Å²) in [5.41, 5.74) is 4.19. The first-order valence-electron chi connectivity index (χ1n) is 8.74. The zero-order chi connectivity index (χ0) is 20.0. The molecule has 4 aromatic rings. The van der Waals surface area contributed by atoms with Crippen molar-refractivity contribution in [1.29, 1.82) is 0 Å². The zero-order valence-electron chi connectivity index (χ0n) is 15.0. The Morgan fingerprint density at radius 3 is 2.97 bits per heavy atom. The fourth-order valence-corrected chi connectivity index (χ4v) is 5.15. The Bertz CT molecular complexity index is 1370. The second-order valence-corrected chi connectivity index (χ2v) is 9.06. The number of anilines is 1. The van der Waals surface area contributed by atoms with Crippen LogP contribution in [-0.2, 0) is 29.7 Å². The van der Waals surface area contributed by atoms with E-state index in [1.807, 2.05) is 12.1 Å². The summed E-state index contributed by atoms with van der Waals surface area (Å²) in [5.74, 6) is -0.532. The fourth-order valence-electron chi connectivity index (χ4n) is 3.48. The first-order valence-corrected chi connectivity index (χ1v) is 11.0. The van der Waals surface area contributed by atoms with Crippen LogP contribution in [0.2, 0.25) is 0 Å². The summed E-state index contributed by atoms with van der Waals surface area (Å²) in [6.07, 6.45) is 1.26. The molecule has 29 heavy (non-hydrogen) atoms. The molecule has 0 unspecified atom stereocenters. The van der Waals surface area contributed by atoms with Crippen molar-refractivity contribution < 1.29 is 12.8 Å². The maximum absolute atomic E-state index is 12.5. The van der Waals surface area contributed by atoms with Crippen molar-refractivity contribution in [2.45, 2.75) is 24.5 Å². The number of rotatable bonds is 5. The van der Waals surface area contributed by atoms with Gasteiger partial charge in [-0.1, -0.05) is 18.2 Å². The van der Waals surface area contributed by atoms with E-state index in [2.05, 4.69) is 25.5 Å². The van der Waals surface area contributed by atoms with Crippen molar-refractivity contribution in [1.82, 2.24) is 19.2 Å². The number of benzene rings is 2. The molecule has 0 radical (unpaired) electrons. The van der Waals surface area contributed by atoms with Crippen molar-refractivity contribution in [3.8, 4) is 0 Å². The number of sulfonamides is 1. The SMILES string of the molecule is O=c1oc2cc(S(=O)(=O)Nc3ncns3)ccc2n1Cc1cccc2c1CNC2. The van der Waals surface area contributed by atoms with Crippen LogP contribution < -0.4 is 15.8 Å². The van der Waals surface area contributed by atoms with Gasteiger partial charge in [0.15, 0.2) is 5.58 Å². The molecular formula is C18H15N5O4S2. The van der Waals surface area contributed by atoms with E-state index < -0.39 is 15.8 Å². The monoisotopic (exact) mass is 429 g/mol. The molecule has 2 aromatic carbocycles. The highest BCUT2D eigenvalue weighted by atomic mass is 32.2. The summed E-state index contributed by atoms with van der Waals surface area (Å²) in [6.45, 7) is 1.93. The number of nitrogens with zero attached hydrogens (tertiary/aromatic N) is 3. The van der Waals surface area contributed by atoms with Gasteiger partial charge in [0.2, 0.25) is 5.13 Å². The summed E-state index contributed by atoms with van der Waals surface area (Å²) in [5, 5.41) is 3.47. The van der Waals surface area contributed by atoms with Crippen LogP contribution in [0.3, 0.4) is 0 Å². The van der Waals surface area contributed by atoms with Gasteiger partial charge >= 0.3 is 5.76 Å². The van der Waals surface area contributed by atoms with E-state index in [0.29, 0.717) is 12.1 Å². The lowest BCUT2D eigenvalue weighted by Gasteiger charge is -2.09. The second-order valence-electron chi connectivity index (χ2n) is 6.59. The minimum Gasteiger partial charge on any atom is -0.408 e. The molecule has 0 saturated heterocycles. The number of oxazole rings is 1. The predicted molar refractivity (Wildman–Crippen MR) is 107 cm³/mol. The maximum Gasteiger partial charge on any atom is 0.420 e. The van der Waals surface area contributed by atoms with Crippen LogP contribution in [0, 0.1) is 0 Å². The molecule has 0 spiro atoms. The van der Waals surface area contributed by atoms with Gasteiger partial charge in [-0.2, -0.15) is 4.37 Å². The van der Waals surface area contributed by atoms with Gasteiger partial charge in [-0.3, -0.25) is 9.29 Å². The van der Waals surface area contributed by atoms with E-state index >= 15 is 0 Å². The van der Waals surface area contributed by atoms with E-state index in [1.54, 1.807) is 6.07 Å². The Morgan fingerprint density at radius 1 is 1.24 bits per heavy atom. The normalized spacial score (nSPS) is 13.7. The minimum absolute atomic E-state index is 0.0223. The van der Waals surface area contributed by atoms with Crippen molar-refractivity contribution in [3.05, 3.63) is 70.0 Å². The van der Waals surface area contributed by atoms with Crippen molar-refractivity contribution >= 4 is 37.8 Å². The van der Waals surface area contributed by atoms with Crippen LogP contribution in [0.15, 0.2) is 56.8 Å². The van der Waals surface area contributed by atoms with Crippen molar-refractivity contribution in [3.63, 3.8) is 0 Å². The molecule has 0 saturated carbocycles. The lowest BCUT2D eigenvalue weighted by Crippen LogP contribution is -2.16. The molecule has 0 amide bonds. The van der Waals surface area contributed by atoms with Gasteiger partial charge < -0.3 is 9.73 Å². The standard InChI is InChI=1S/C18H15N5O4S2/c24-18-23(9-12-3-1-2-11-7-19-8-14(11)12)15-5-4-13(6-16(15)27-18)29(25,26)22-17-20-10-21-28-17/h1-6,10,19H,7-9H2,(H,20,21,22). The molecule has 9 nitrogen and oxygen atoms in total. The van der Waals surface area contributed by atoms with Crippen LogP contribution in [0.1, 0.15) is 16.7 Å². The summed E-state index contributed by atoms with van der Waals surface area (Å²) in [4.78, 5) is 16.3. The second kappa shape index (κ2) is 6.79. The Balaban J connectivity index is 1.52. The van der Waals surface area contributed by atoms with Gasteiger partial charge in [-0.05, 0) is 28.8 Å². The smallest absolute Gasteiger partial charge is 0.408 e. The lowest BCUT2D eigenvalue weighted by molar-refractivity contribution is 0.516. The van der Waals surface area contributed by atoms with E-state index in [9.17, 15) is 13.2 Å². The highest BCUT2D eigenvalue weighted by Gasteiger charge is 2.20. The Kier molecular flexibility index (Phi) is 4.23. The van der Waals surface area contributed by atoms with Gasteiger partial charge in [0.05, 0.1) is 17.0 Å². The number of hydrogen-bond acceptors (Lipinski definition) is 8. The van der Waals surface area contributed by atoms with Crippen molar-refractivity contribution in [2.75, 3.05) is 4.72 Å². The van der Waals surface area contributed by atoms with Gasteiger partial charge in [-0.25, -0.2) is 18.2 Å². The molecule has 0 aliphatic carbocycles.